The van der Waals surface area contributed by atoms with E-state index >= 15 is 35.1 Å². The third-order valence-electron chi connectivity index (χ3n) is 34.4. The van der Waals surface area contributed by atoms with Crippen molar-refractivity contribution in [2.24, 2.45) is 71.0 Å². The Bertz CT molecular complexity index is 4420. The van der Waals surface area contributed by atoms with Crippen LogP contribution >= 0.6 is 15.8 Å². The molecular formula is C112H148F8O2P2Pd2+2. The van der Waals surface area contributed by atoms with Crippen LogP contribution in [0.25, 0.3) is 44.5 Å². The van der Waals surface area contributed by atoms with E-state index in [1.54, 1.807) is 0 Å². The summed E-state index contributed by atoms with van der Waals surface area (Å²) in [5.41, 5.74) is 8.36. The molecule has 0 aliphatic heterocycles. The van der Waals surface area contributed by atoms with Gasteiger partial charge >= 0.3 is 0 Å². The maximum atomic E-state index is 16.9. The fraction of sp³-hybridized carbons (Fsp3) is 0.643. The van der Waals surface area contributed by atoms with Gasteiger partial charge in [0.05, 0.1) is 61.8 Å². The number of ether oxygens (including phenoxy) is 2. The number of methoxy groups -OCH3 is 2. The maximum absolute atomic E-state index is 16.9. The summed E-state index contributed by atoms with van der Waals surface area (Å²) in [7, 11) is 0.986. The largest absolute Gasteiger partial charge is 0.493 e. The first-order valence-electron chi connectivity index (χ1n) is 49.9. The van der Waals surface area contributed by atoms with Crippen molar-refractivity contribution in [3.8, 4) is 56.0 Å². The molecule has 14 heteroatoms. The second-order valence-corrected chi connectivity index (χ2v) is 51.9. The Morgan fingerprint density at radius 3 is 0.730 bits per heavy atom. The van der Waals surface area contributed by atoms with Gasteiger partial charge in [0, 0.05) is 63.1 Å². The van der Waals surface area contributed by atoms with Crippen molar-refractivity contribution in [1.29, 1.82) is 0 Å². The quantitative estimate of drug-likeness (QED) is 0.0198. The number of benzene rings is 6. The molecule has 16 saturated carbocycles. The average molecular weight is 1950 g/mol. The van der Waals surface area contributed by atoms with Crippen LogP contribution in [0.4, 0.5) is 35.1 Å². The smallest absolute Gasteiger partial charge is 0.170 e. The Hall–Kier alpha value is -3.98. The predicted molar refractivity (Wildman–Crippen MR) is 505 cm³/mol. The third kappa shape index (κ3) is 17.5. The van der Waals surface area contributed by atoms with Gasteiger partial charge < -0.3 is 9.47 Å². The summed E-state index contributed by atoms with van der Waals surface area (Å²) in [5.74, 6) is 1.08. The van der Waals surface area contributed by atoms with Crippen molar-refractivity contribution < 1.29 is 85.4 Å². The molecule has 0 aromatic heterocycles. The summed E-state index contributed by atoms with van der Waals surface area (Å²) in [6, 6.07) is 17.6. The minimum Gasteiger partial charge on any atom is -0.493 e. The number of hydrogen-bond donors (Lipinski definition) is 0. The van der Waals surface area contributed by atoms with E-state index in [4.69, 9.17) is 9.47 Å². The van der Waals surface area contributed by atoms with Gasteiger partial charge in [-0.1, -0.05) is 170 Å². The van der Waals surface area contributed by atoms with Crippen molar-refractivity contribution in [3.05, 3.63) is 164 Å². The zero-order valence-electron chi connectivity index (χ0n) is 78.8. The molecule has 0 spiro atoms. The topological polar surface area (TPSA) is 18.5 Å². The Balaban J connectivity index is 0.000000176. The van der Waals surface area contributed by atoms with E-state index in [0.717, 1.165) is 138 Å². The molecule has 0 saturated heterocycles. The summed E-state index contributed by atoms with van der Waals surface area (Å²) >= 11 is 0. The van der Waals surface area contributed by atoms with Crippen molar-refractivity contribution in [2.45, 2.75) is 371 Å². The molecule has 23 rings (SSSR count). The van der Waals surface area contributed by atoms with E-state index in [-0.39, 0.29) is 110 Å². The monoisotopic (exact) mass is 1950 g/mol. The summed E-state index contributed by atoms with van der Waals surface area (Å²) in [6.07, 6.45) is 48.8. The summed E-state index contributed by atoms with van der Waals surface area (Å²) in [6.45, 7) is 29.2. The molecule has 17 aliphatic rings. The van der Waals surface area contributed by atoms with Crippen LogP contribution in [0.15, 0.2) is 72.8 Å². The van der Waals surface area contributed by atoms with Crippen LogP contribution in [0.5, 0.6) is 11.5 Å². The molecule has 692 valence electrons. The Morgan fingerprint density at radius 2 is 0.532 bits per heavy atom. The third-order valence-corrected chi connectivity index (χ3v) is 43.1. The van der Waals surface area contributed by atoms with E-state index in [0.29, 0.717) is 36.8 Å². The molecule has 2 nitrogen and oxygen atoms in total. The molecule has 0 N–H and O–H groups in total. The van der Waals surface area contributed by atoms with Crippen LogP contribution in [0, 0.1) is 118 Å². The van der Waals surface area contributed by atoms with Crippen LogP contribution < -0.4 is 20.1 Å². The summed E-state index contributed by atoms with van der Waals surface area (Å²) < 4.78 is 146. The zero-order valence-corrected chi connectivity index (χ0v) is 83.9. The number of allylic oxidation sites excluding steroid dienone is 4. The second-order valence-electron chi connectivity index (χ2n) is 45.2. The van der Waals surface area contributed by atoms with Crippen molar-refractivity contribution in [3.63, 3.8) is 0 Å². The minimum absolute atomic E-state index is 0. The number of halogens is 8. The molecule has 126 heavy (non-hydrogen) atoms. The molecule has 17 aliphatic carbocycles. The first-order chi connectivity index (χ1) is 59.4. The fourth-order valence-corrected chi connectivity index (χ4v) is 43.7. The fourth-order valence-electron chi connectivity index (χ4n) is 31.6. The molecule has 16 bridgehead atoms. The molecule has 0 unspecified atom stereocenters. The molecule has 0 heterocycles. The van der Waals surface area contributed by atoms with Crippen LogP contribution in [0.1, 0.15) is 382 Å². The average Bonchev–Trinajstić information content (AvgIpc) is 0.689. The number of unbranched alkanes of at least 4 members (excludes halogenated alkanes) is 2. The first kappa shape index (κ1) is 96.6. The van der Waals surface area contributed by atoms with Gasteiger partial charge in [0.15, 0.2) is 58.0 Å². The molecular weight excluding hydrogens is 1800 g/mol. The molecule has 6 aromatic rings. The normalized spacial score (nSPS) is 30.1. The Labute approximate surface area is 782 Å². The van der Waals surface area contributed by atoms with Crippen LogP contribution in [0.3, 0.4) is 0 Å². The molecule has 0 radical (unpaired) electrons. The van der Waals surface area contributed by atoms with Gasteiger partial charge in [-0.2, -0.15) is 0 Å². The molecule has 16 fully saturated rings. The van der Waals surface area contributed by atoms with Crippen LogP contribution in [-0.2, 0) is 53.7 Å². The molecule has 0 atom stereocenters. The summed E-state index contributed by atoms with van der Waals surface area (Å²) in [5, 5.41) is 3.96. The van der Waals surface area contributed by atoms with E-state index in [1.807, 2.05) is 55.8 Å². The Kier molecular flexibility index (Phi) is 29.7. The standard InChI is InChI=1S/2C52H67F4OP.C8H12.2Pd/c2*1-9-10-12-38-46(53)48(55)45(49(56)47(38)54)44-40(29(4)5)21-39(28(2)3)43(42(44)30(6)7)37-13-11-14-41(57-8)50(37)58(51-22-31-15-32(23-51)17-33(16-31)24-51)52-25-34-18-35(26-52)20-36(19-34)27-52;1-2-4-6-8-7-5-3-1;;/h2*11,13-14,21,28-36H,9-10,12,15-20,22-27H2,1-8H3;1-2,7-8H,3-6H2;;/p+2. The molecule has 6 aromatic carbocycles. The van der Waals surface area contributed by atoms with E-state index in [1.165, 1.54) is 190 Å². The second kappa shape index (κ2) is 38.8. The number of hydrogen-bond acceptors (Lipinski definition) is 2. The van der Waals surface area contributed by atoms with Crippen molar-refractivity contribution >= 4 is 26.5 Å². The van der Waals surface area contributed by atoms with Gasteiger partial charge in [-0.3, -0.25) is 0 Å². The zero-order chi connectivity index (χ0) is 87.7. The molecule has 0 amide bonds. The van der Waals surface area contributed by atoms with Crippen LogP contribution in [0.2, 0.25) is 0 Å². The van der Waals surface area contributed by atoms with Gasteiger partial charge in [-0.25, -0.2) is 35.1 Å². The van der Waals surface area contributed by atoms with E-state index < -0.39 is 84.6 Å². The predicted octanol–water partition coefficient (Wildman–Crippen LogP) is 32.8. The Morgan fingerprint density at radius 1 is 0.310 bits per heavy atom. The summed E-state index contributed by atoms with van der Waals surface area (Å²) in [4.78, 5) is 0. The van der Waals surface area contributed by atoms with Crippen molar-refractivity contribution in [2.75, 3.05) is 14.2 Å². The van der Waals surface area contributed by atoms with Crippen molar-refractivity contribution in [1.82, 2.24) is 0 Å². The number of rotatable bonds is 24. The minimum atomic E-state index is -1.35. The van der Waals surface area contributed by atoms with E-state index in [2.05, 4.69) is 128 Å². The maximum Gasteiger partial charge on any atom is 0.170 e. The van der Waals surface area contributed by atoms with Gasteiger partial charge in [0.25, 0.3) is 0 Å². The van der Waals surface area contributed by atoms with Gasteiger partial charge in [0.1, 0.15) is 10.6 Å². The first-order valence-corrected chi connectivity index (χ1v) is 52.9. The van der Waals surface area contributed by atoms with Gasteiger partial charge in [0.2, 0.25) is 0 Å². The SMILES string of the molecule is C1=CCCC=CCC1.CCCCc1c(F)c(F)c(-c2c(C(C)C)cc(C(C)C)c(-c3cccc(OC)c3[PH+](C34CC5CC(CC(C5)C3)C4)C34CC5CC(CC(C5)C3)C4)c2C(C)C)c(F)c1F.CCCCc1c(F)c(F)c(-c2c(C(C)C)cc(C(C)C)c(-c3cccc(OC)c3[PH+](C34CC5CC(CC(C5)C3)C4)C34CC5CC(CC(C5)C3)C4)c2C(C)C)c(F)c1F.[Pd].[Pd]. The van der Waals surface area contributed by atoms with Crippen LogP contribution in [-0.4, -0.2) is 34.8 Å². The van der Waals surface area contributed by atoms with Gasteiger partial charge in [-0.15, -0.1) is 0 Å². The van der Waals surface area contributed by atoms with Gasteiger partial charge in [-0.05, 0) is 380 Å². The van der Waals surface area contributed by atoms with E-state index in [9.17, 15) is 0 Å².